The van der Waals surface area contributed by atoms with Crippen molar-refractivity contribution in [2.75, 3.05) is 33.4 Å². The van der Waals surface area contributed by atoms with E-state index in [0.29, 0.717) is 38.2 Å². The van der Waals surface area contributed by atoms with Crippen molar-refractivity contribution in [2.45, 2.75) is 13.0 Å². The minimum Gasteiger partial charge on any atom is -0.384 e. The molecule has 0 atom stereocenters. The molecule has 0 aromatic heterocycles. The molecule has 21 heavy (non-hydrogen) atoms. The molecule has 0 unspecified atom stereocenters. The Morgan fingerprint density at radius 3 is 2.81 bits per heavy atom. The molecular weight excluding hydrogens is 271 g/mol. The molecule has 1 aromatic rings. The van der Waals surface area contributed by atoms with E-state index in [2.05, 4.69) is 17.9 Å². The smallest absolute Gasteiger partial charge is 0.124 e. The molecule has 112 valence electrons. The van der Waals surface area contributed by atoms with Crippen molar-refractivity contribution in [3.63, 3.8) is 0 Å². The SMILES string of the molecule is COCCN(CCC#N)Cc1cc(F)cc(C#CCO)c1. The first-order valence-corrected chi connectivity index (χ1v) is 6.67. The summed E-state index contributed by atoms with van der Waals surface area (Å²) in [5, 5.41) is 17.4. The van der Waals surface area contributed by atoms with Crippen LogP contribution in [0.1, 0.15) is 17.5 Å². The van der Waals surface area contributed by atoms with Gasteiger partial charge in [0.2, 0.25) is 0 Å². The van der Waals surface area contributed by atoms with E-state index in [-0.39, 0.29) is 12.4 Å². The molecule has 0 fully saturated rings. The van der Waals surface area contributed by atoms with Crippen molar-refractivity contribution < 1.29 is 14.2 Å². The third-order valence-corrected chi connectivity index (χ3v) is 2.83. The van der Waals surface area contributed by atoms with Crippen molar-refractivity contribution in [1.82, 2.24) is 4.90 Å². The number of aliphatic hydroxyl groups excluding tert-OH is 1. The van der Waals surface area contributed by atoms with Gasteiger partial charge in [0.05, 0.1) is 12.7 Å². The number of hydrogen-bond acceptors (Lipinski definition) is 4. The quantitative estimate of drug-likeness (QED) is 0.774. The third kappa shape index (κ3) is 6.87. The van der Waals surface area contributed by atoms with Gasteiger partial charge in [-0.1, -0.05) is 11.8 Å². The minimum absolute atomic E-state index is 0.256. The van der Waals surface area contributed by atoms with Crippen LogP contribution in [0.2, 0.25) is 0 Å². The number of methoxy groups -OCH3 is 1. The molecule has 0 aliphatic carbocycles. The van der Waals surface area contributed by atoms with Crippen molar-refractivity contribution in [3.8, 4) is 17.9 Å². The van der Waals surface area contributed by atoms with Crippen LogP contribution in [0.3, 0.4) is 0 Å². The van der Waals surface area contributed by atoms with Gasteiger partial charge in [0.25, 0.3) is 0 Å². The molecule has 0 saturated carbocycles. The molecule has 0 aliphatic heterocycles. The Kier molecular flexibility index (Phi) is 8.08. The van der Waals surface area contributed by atoms with Gasteiger partial charge in [0.15, 0.2) is 0 Å². The van der Waals surface area contributed by atoms with Gasteiger partial charge in [-0.3, -0.25) is 4.90 Å². The van der Waals surface area contributed by atoms with Gasteiger partial charge in [0.1, 0.15) is 12.4 Å². The molecule has 0 saturated heterocycles. The average molecular weight is 290 g/mol. The predicted molar refractivity (Wildman–Crippen MR) is 77.7 cm³/mol. The van der Waals surface area contributed by atoms with Crippen LogP contribution in [-0.2, 0) is 11.3 Å². The number of nitrogens with zero attached hydrogens (tertiary/aromatic N) is 2. The second-order valence-corrected chi connectivity index (χ2v) is 4.49. The zero-order chi connectivity index (χ0) is 15.5. The van der Waals surface area contributed by atoms with E-state index >= 15 is 0 Å². The highest BCUT2D eigenvalue weighted by atomic mass is 19.1. The van der Waals surface area contributed by atoms with Crippen LogP contribution in [-0.4, -0.2) is 43.4 Å². The molecule has 0 bridgehead atoms. The number of rotatable bonds is 7. The van der Waals surface area contributed by atoms with Gasteiger partial charge in [0, 0.05) is 38.7 Å². The molecule has 0 spiro atoms. The van der Waals surface area contributed by atoms with Crippen LogP contribution < -0.4 is 0 Å². The Hall–Kier alpha value is -1.92. The van der Waals surface area contributed by atoms with Crippen molar-refractivity contribution in [3.05, 3.63) is 35.1 Å². The topological polar surface area (TPSA) is 56.5 Å². The van der Waals surface area contributed by atoms with E-state index in [9.17, 15) is 4.39 Å². The molecule has 1 aromatic carbocycles. The Morgan fingerprint density at radius 1 is 1.33 bits per heavy atom. The minimum atomic E-state index is -0.360. The van der Waals surface area contributed by atoms with Gasteiger partial charge in [-0.15, -0.1) is 0 Å². The summed E-state index contributed by atoms with van der Waals surface area (Å²) in [7, 11) is 1.62. The second kappa shape index (κ2) is 9.90. The second-order valence-electron chi connectivity index (χ2n) is 4.49. The van der Waals surface area contributed by atoms with Crippen LogP contribution in [0.4, 0.5) is 4.39 Å². The summed E-state index contributed by atoms with van der Waals surface area (Å²) >= 11 is 0. The zero-order valence-electron chi connectivity index (χ0n) is 12.1. The molecule has 5 heteroatoms. The number of halogens is 1. The van der Waals surface area contributed by atoms with Gasteiger partial charge in [-0.2, -0.15) is 5.26 Å². The summed E-state index contributed by atoms with van der Waals surface area (Å²) in [5.74, 6) is 4.84. The lowest BCUT2D eigenvalue weighted by molar-refractivity contribution is 0.145. The maximum absolute atomic E-state index is 13.6. The maximum Gasteiger partial charge on any atom is 0.124 e. The average Bonchev–Trinajstić information content (AvgIpc) is 2.47. The fourth-order valence-electron chi connectivity index (χ4n) is 1.91. The summed E-state index contributed by atoms with van der Waals surface area (Å²) in [6, 6.07) is 6.68. The van der Waals surface area contributed by atoms with Gasteiger partial charge >= 0.3 is 0 Å². The lowest BCUT2D eigenvalue weighted by atomic mass is 10.1. The van der Waals surface area contributed by atoms with Gasteiger partial charge in [-0.05, 0) is 23.8 Å². The Balaban J connectivity index is 2.81. The number of ether oxygens (including phenoxy) is 1. The van der Waals surface area contributed by atoms with Crippen molar-refractivity contribution >= 4 is 0 Å². The number of hydrogen-bond donors (Lipinski definition) is 1. The van der Waals surface area contributed by atoms with Crippen molar-refractivity contribution in [1.29, 1.82) is 5.26 Å². The van der Waals surface area contributed by atoms with Crippen LogP contribution in [0.15, 0.2) is 18.2 Å². The summed E-state index contributed by atoms with van der Waals surface area (Å²) in [5.41, 5.74) is 1.32. The predicted octanol–water partition coefficient (Wildman–Crippen LogP) is 1.53. The highest BCUT2D eigenvalue weighted by molar-refractivity contribution is 5.37. The number of nitriles is 1. The summed E-state index contributed by atoms with van der Waals surface area (Å²) < 4.78 is 18.6. The normalized spacial score (nSPS) is 10.0. The van der Waals surface area contributed by atoms with Gasteiger partial charge < -0.3 is 9.84 Å². The monoisotopic (exact) mass is 290 g/mol. The first-order valence-electron chi connectivity index (χ1n) is 6.67. The molecule has 0 amide bonds. The van der Waals surface area contributed by atoms with E-state index in [1.807, 2.05) is 4.90 Å². The molecular formula is C16H19FN2O2. The molecule has 0 heterocycles. The van der Waals surface area contributed by atoms with E-state index in [1.54, 1.807) is 13.2 Å². The summed E-state index contributed by atoms with van der Waals surface area (Å²) in [6.45, 7) is 2.10. The van der Waals surface area contributed by atoms with Crippen LogP contribution in [0, 0.1) is 29.0 Å². The van der Waals surface area contributed by atoms with Crippen LogP contribution in [0.25, 0.3) is 0 Å². The Bertz CT molecular complexity index is 543. The summed E-state index contributed by atoms with van der Waals surface area (Å²) in [4.78, 5) is 2.03. The molecule has 4 nitrogen and oxygen atoms in total. The summed E-state index contributed by atoms with van der Waals surface area (Å²) in [6.07, 6.45) is 0.413. The number of benzene rings is 1. The Morgan fingerprint density at radius 2 is 2.14 bits per heavy atom. The van der Waals surface area contributed by atoms with E-state index in [4.69, 9.17) is 15.1 Å². The van der Waals surface area contributed by atoms with Crippen molar-refractivity contribution in [2.24, 2.45) is 0 Å². The highest BCUT2D eigenvalue weighted by Crippen LogP contribution is 2.11. The van der Waals surface area contributed by atoms with E-state index in [1.165, 1.54) is 12.1 Å². The first kappa shape index (κ1) is 17.1. The molecule has 1 N–H and O–H groups in total. The lowest BCUT2D eigenvalue weighted by Crippen LogP contribution is -2.28. The largest absolute Gasteiger partial charge is 0.384 e. The van der Waals surface area contributed by atoms with Crippen LogP contribution >= 0.6 is 0 Å². The first-order chi connectivity index (χ1) is 10.2. The number of aliphatic hydroxyl groups is 1. The standard InChI is InChI=1S/C16H19FN2O2/c1-21-9-7-19(6-3-5-18)13-15-10-14(4-2-8-20)11-16(17)12-15/h10-12,20H,3,6-9,13H2,1H3. The molecule has 1 rings (SSSR count). The maximum atomic E-state index is 13.6. The highest BCUT2D eigenvalue weighted by Gasteiger charge is 2.07. The fraction of sp³-hybridized carbons (Fsp3) is 0.438. The van der Waals surface area contributed by atoms with Crippen LogP contribution in [0.5, 0.6) is 0 Å². The lowest BCUT2D eigenvalue weighted by Gasteiger charge is -2.21. The fourth-order valence-corrected chi connectivity index (χ4v) is 1.91. The molecule has 0 radical (unpaired) electrons. The van der Waals surface area contributed by atoms with E-state index in [0.717, 1.165) is 5.56 Å². The third-order valence-electron chi connectivity index (χ3n) is 2.83. The van der Waals surface area contributed by atoms with Gasteiger partial charge in [-0.25, -0.2) is 4.39 Å². The molecule has 0 aliphatic rings. The van der Waals surface area contributed by atoms with E-state index < -0.39 is 0 Å². The Labute approximate surface area is 124 Å². The zero-order valence-corrected chi connectivity index (χ0v) is 12.1.